The van der Waals surface area contributed by atoms with Gasteiger partial charge in [-0.25, -0.2) is 8.42 Å². The maximum absolute atomic E-state index is 11.0. The molecule has 2 nitrogen and oxygen atoms in total. The van der Waals surface area contributed by atoms with Crippen LogP contribution in [0.3, 0.4) is 0 Å². The molecule has 0 saturated carbocycles. The van der Waals surface area contributed by atoms with Gasteiger partial charge in [0.2, 0.25) is 9.05 Å². The molecular formula is C8H17ClO2S. The van der Waals surface area contributed by atoms with Crippen molar-refractivity contribution in [1.82, 2.24) is 0 Å². The van der Waals surface area contributed by atoms with Crippen LogP contribution in [-0.4, -0.2) is 13.7 Å². The minimum absolute atomic E-state index is 0.367. The topological polar surface area (TPSA) is 34.1 Å². The van der Waals surface area contributed by atoms with Crippen molar-refractivity contribution in [1.29, 1.82) is 0 Å². The Morgan fingerprint density at radius 1 is 1.25 bits per heavy atom. The fourth-order valence-electron chi connectivity index (χ4n) is 1.10. The second-order valence-corrected chi connectivity index (χ2v) is 6.16. The fraction of sp³-hybridized carbons (Fsp3) is 1.00. The van der Waals surface area contributed by atoms with E-state index in [1.807, 2.05) is 13.8 Å². The molecule has 0 aromatic carbocycles. The van der Waals surface area contributed by atoms with Gasteiger partial charge in [0, 0.05) is 10.7 Å². The first-order valence-corrected chi connectivity index (χ1v) is 6.72. The molecule has 0 aromatic rings. The van der Waals surface area contributed by atoms with Gasteiger partial charge in [-0.2, -0.15) is 0 Å². The minimum atomic E-state index is -3.35. The van der Waals surface area contributed by atoms with E-state index in [9.17, 15) is 8.42 Å². The summed E-state index contributed by atoms with van der Waals surface area (Å²) < 4.78 is 22.0. The molecule has 0 aliphatic rings. The van der Waals surface area contributed by atoms with Gasteiger partial charge in [0.1, 0.15) is 0 Å². The molecule has 0 heterocycles. The van der Waals surface area contributed by atoms with Gasteiger partial charge in [-0.15, -0.1) is 0 Å². The largest absolute Gasteiger partial charge is 0.235 e. The van der Waals surface area contributed by atoms with Crippen molar-refractivity contribution < 1.29 is 8.42 Å². The van der Waals surface area contributed by atoms with Crippen LogP contribution in [0.25, 0.3) is 0 Å². The molecule has 0 spiro atoms. The highest BCUT2D eigenvalue weighted by Gasteiger charge is 2.22. The van der Waals surface area contributed by atoms with E-state index < -0.39 is 9.05 Å². The molecule has 0 rings (SSSR count). The molecular weight excluding hydrogens is 196 g/mol. The highest BCUT2D eigenvalue weighted by Crippen LogP contribution is 2.20. The Kier molecular flexibility index (Phi) is 5.18. The zero-order valence-electron chi connectivity index (χ0n) is 7.88. The van der Waals surface area contributed by atoms with Crippen molar-refractivity contribution in [3.63, 3.8) is 0 Å². The Morgan fingerprint density at radius 2 is 1.75 bits per heavy atom. The number of halogens is 1. The van der Waals surface area contributed by atoms with Gasteiger partial charge >= 0.3 is 0 Å². The molecule has 74 valence electrons. The normalized spacial score (nSPS) is 17.3. The first kappa shape index (κ1) is 12.2. The molecule has 4 heteroatoms. The predicted octanol–water partition coefficient (Wildman–Crippen LogP) is 2.77. The summed E-state index contributed by atoms with van der Waals surface area (Å²) in [6, 6.07) is 0. The first-order chi connectivity index (χ1) is 5.41. The Bertz CT molecular complexity index is 211. The summed E-state index contributed by atoms with van der Waals surface area (Å²) in [5.41, 5.74) is 0. The van der Waals surface area contributed by atoms with E-state index in [1.54, 1.807) is 0 Å². The number of hydrogen-bond acceptors (Lipinski definition) is 2. The van der Waals surface area contributed by atoms with Crippen LogP contribution in [0.5, 0.6) is 0 Å². The fourth-order valence-corrected chi connectivity index (χ4v) is 2.65. The molecule has 0 aliphatic heterocycles. The van der Waals surface area contributed by atoms with Crippen molar-refractivity contribution in [3.8, 4) is 0 Å². The molecule has 0 amide bonds. The summed E-state index contributed by atoms with van der Waals surface area (Å²) in [4.78, 5) is 0. The molecule has 0 aromatic heterocycles. The van der Waals surface area contributed by atoms with Gasteiger partial charge in [0.05, 0.1) is 5.25 Å². The predicted molar refractivity (Wildman–Crippen MR) is 52.9 cm³/mol. The van der Waals surface area contributed by atoms with E-state index in [4.69, 9.17) is 10.7 Å². The van der Waals surface area contributed by atoms with Crippen LogP contribution in [0.1, 0.15) is 40.0 Å². The van der Waals surface area contributed by atoms with E-state index in [0.717, 1.165) is 6.42 Å². The van der Waals surface area contributed by atoms with Crippen LogP contribution in [0.15, 0.2) is 0 Å². The third kappa shape index (κ3) is 4.31. The second kappa shape index (κ2) is 5.07. The van der Waals surface area contributed by atoms with E-state index in [0.29, 0.717) is 18.8 Å². The average molecular weight is 213 g/mol. The Morgan fingerprint density at radius 3 is 2.00 bits per heavy atom. The molecule has 0 fully saturated rings. The Hall–Kier alpha value is 0.240. The quantitative estimate of drug-likeness (QED) is 0.657. The first-order valence-electron chi connectivity index (χ1n) is 4.35. The smallest absolute Gasteiger partial charge is 0.212 e. The maximum atomic E-state index is 11.0. The molecule has 2 unspecified atom stereocenters. The summed E-state index contributed by atoms with van der Waals surface area (Å²) in [6.45, 7) is 5.95. The van der Waals surface area contributed by atoms with Crippen LogP contribution in [-0.2, 0) is 9.05 Å². The van der Waals surface area contributed by atoms with Crippen molar-refractivity contribution in [3.05, 3.63) is 0 Å². The lowest BCUT2D eigenvalue weighted by atomic mass is 10.0. The Balaban J connectivity index is 4.20. The van der Waals surface area contributed by atoms with Crippen LogP contribution in [0, 0.1) is 5.92 Å². The average Bonchev–Trinajstić information content (AvgIpc) is 1.97. The maximum Gasteiger partial charge on any atom is 0.235 e. The van der Waals surface area contributed by atoms with E-state index in [1.165, 1.54) is 0 Å². The minimum Gasteiger partial charge on any atom is -0.212 e. The van der Waals surface area contributed by atoms with Crippen molar-refractivity contribution in [2.75, 3.05) is 0 Å². The van der Waals surface area contributed by atoms with Gasteiger partial charge in [-0.05, 0) is 18.8 Å². The molecule has 0 radical (unpaired) electrons. The third-order valence-corrected chi connectivity index (χ3v) is 4.29. The number of rotatable bonds is 5. The van der Waals surface area contributed by atoms with Crippen molar-refractivity contribution in [2.45, 2.75) is 45.3 Å². The molecule has 0 saturated heterocycles. The zero-order valence-corrected chi connectivity index (χ0v) is 9.45. The summed E-state index contributed by atoms with van der Waals surface area (Å²) in [5, 5.41) is -0.367. The van der Waals surface area contributed by atoms with Crippen LogP contribution < -0.4 is 0 Å². The van der Waals surface area contributed by atoms with Crippen LogP contribution in [0.2, 0.25) is 0 Å². The second-order valence-electron chi connectivity index (χ2n) is 3.25. The van der Waals surface area contributed by atoms with Gasteiger partial charge in [0.25, 0.3) is 0 Å². The van der Waals surface area contributed by atoms with Gasteiger partial charge in [-0.3, -0.25) is 0 Å². The Labute approximate surface area is 79.7 Å². The molecule has 0 bridgehead atoms. The summed E-state index contributed by atoms with van der Waals surface area (Å²) in [5.74, 6) is 0.434. The monoisotopic (exact) mass is 212 g/mol. The summed E-state index contributed by atoms with van der Waals surface area (Å²) in [7, 11) is 1.92. The highest BCUT2D eigenvalue weighted by molar-refractivity contribution is 8.14. The molecule has 12 heavy (non-hydrogen) atoms. The molecule has 2 atom stereocenters. The van der Waals surface area contributed by atoms with E-state index >= 15 is 0 Å². The molecule has 0 N–H and O–H groups in total. The highest BCUT2D eigenvalue weighted by atomic mass is 35.7. The van der Waals surface area contributed by atoms with Crippen molar-refractivity contribution in [2.24, 2.45) is 5.92 Å². The zero-order chi connectivity index (χ0) is 9.78. The van der Waals surface area contributed by atoms with Crippen LogP contribution >= 0.6 is 10.7 Å². The van der Waals surface area contributed by atoms with Gasteiger partial charge in [0.15, 0.2) is 0 Å². The lowest BCUT2D eigenvalue weighted by Crippen LogP contribution is -2.18. The summed E-state index contributed by atoms with van der Waals surface area (Å²) >= 11 is 0. The standard InChI is InChI=1S/C8H17ClO2S/c1-4-7(3)6-8(5-2)12(9,10)11/h7-8H,4-6H2,1-3H3. The van der Waals surface area contributed by atoms with Gasteiger partial charge in [-0.1, -0.05) is 27.2 Å². The summed E-state index contributed by atoms with van der Waals surface area (Å²) in [6.07, 6.45) is 2.29. The van der Waals surface area contributed by atoms with Crippen molar-refractivity contribution >= 4 is 19.7 Å². The van der Waals surface area contributed by atoms with E-state index in [-0.39, 0.29) is 5.25 Å². The van der Waals surface area contributed by atoms with Crippen LogP contribution in [0.4, 0.5) is 0 Å². The third-order valence-electron chi connectivity index (χ3n) is 2.22. The molecule has 0 aliphatic carbocycles. The van der Waals surface area contributed by atoms with E-state index in [2.05, 4.69) is 6.92 Å². The lowest BCUT2D eigenvalue weighted by molar-refractivity contribution is 0.483. The SMILES string of the molecule is CCC(C)CC(CC)S(=O)(=O)Cl. The van der Waals surface area contributed by atoms with Gasteiger partial charge < -0.3 is 0 Å². The number of hydrogen-bond donors (Lipinski definition) is 0. The lowest BCUT2D eigenvalue weighted by Gasteiger charge is -2.15.